The second-order valence-corrected chi connectivity index (χ2v) is 5.52. The summed E-state index contributed by atoms with van der Waals surface area (Å²) in [5.74, 6) is 1.13. The van der Waals surface area contributed by atoms with Gasteiger partial charge in [0, 0.05) is 19.3 Å². The lowest BCUT2D eigenvalue weighted by atomic mass is 9.98. The monoisotopic (exact) mass is 296 g/mol. The number of amides is 1. The molecule has 1 heterocycles. The maximum Gasteiger partial charge on any atom is 0.419 e. The zero-order chi connectivity index (χ0) is 15.4. The molecule has 3 rings (SSSR count). The molecule has 4 heteroatoms. The van der Waals surface area contributed by atoms with Crippen molar-refractivity contribution in [3.63, 3.8) is 0 Å². The third-order valence-corrected chi connectivity index (χ3v) is 4.03. The van der Waals surface area contributed by atoms with Gasteiger partial charge < -0.3 is 10.1 Å². The fraction of sp³-hybridized carbons (Fsp3) is 0.278. The number of hydrogen-bond acceptors (Lipinski definition) is 3. The average Bonchev–Trinajstić information content (AvgIpc) is 3.10. The fourth-order valence-electron chi connectivity index (χ4n) is 2.67. The number of hydrogen-bond donors (Lipinski definition) is 1. The Morgan fingerprint density at radius 3 is 2.50 bits per heavy atom. The number of anilines is 1. The third kappa shape index (κ3) is 3.28. The summed E-state index contributed by atoms with van der Waals surface area (Å²) in [5, 5.41) is 3.37. The number of carbonyl (C=O) groups is 1. The molecule has 114 valence electrons. The van der Waals surface area contributed by atoms with Crippen LogP contribution >= 0.6 is 0 Å². The minimum Gasteiger partial charge on any atom is -0.410 e. The number of nitrogens with one attached hydrogen (secondary N) is 1. The summed E-state index contributed by atoms with van der Waals surface area (Å²) in [6.07, 6.45) is 0.784. The van der Waals surface area contributed by atoms with Crippen LogP contribution in [0.2, 0.25) is 0 Å². The van der Waals surface area contributed by atoms with Gasteiger partial charge in [0.15, 0.2) is 0 Å². The molecular formula is C18H20N2O2. The fourth-order valence-corrected chi connectivity index (χ4v) is 2.67. The molecule has 1 atom stereocenters. The standard InChI is InChI=1S/C18H20N2O2/c1-20(18(21)22-17-5-3-2-4-6-17)16-9-7-14(8-10-16)15-11-12-19-13-15/h2-10,15,19H,11-13H2,1H3/t15-/m0/s1. The van der Waals surface area contributed by atoms with Gasteiger partial charge >= 0.3 is 6.09 Å². The predicted molar refractivity (Wildman–Crippen MR) is 87.5 cm³/mol. The van der Waals surface area contributed by atoms with E-state index in [2.05, 4.69) is 17.4 Å². The van der Waals surface area contributed by atoms with E-state index in [0.717, 1.165) is 18.8 Å². The van der Waals surface area contributed by atoms with Crippen LogP contribution in [0.5, 0.6) is 5.75 Å². The van der Waals surface area contributed by atoms with E-state index in [1.807, 2.05) is 30.3 Å². The van der Waals surface area contributed by atoms with E-state index in [4.69, 9.17) is 4.74 Å². The number of benzene rings is 2. The molecule has 2 aromatic rings. The normalized spacial score (nSPS) is 17.2. The van der Waals surface area contributed by atoms with E-state index in [0.29, 0.717) is 11.7 Å². The number of ether oxygens (including phenoxy) is 1. The second kappa shape index (κ2) is 6.62. The van der Waals surface area contributed by atoms with Crippen molar-refractivity contribution in [2.75, 3.05) is 25.0 Å². The first-order valence-electron chi connectivity index (χ1n) is 7.55. The zero-order valence-corrected chi connectivity index (χ0v) is 12.7. The van der Waals surface area contributed by atoms with Gasteiger partial charge in [0.2, 0.25) is 0 Å². The second-order valence-electron chi connectivity index (χ2n) is 5.52. The molecule has 0 spiro atoms. The van der Waals surface area contributed by atoms with Crippen LogP contribution in [0.4, 0.5) is 10.5 Å². The van der Waals surface area contributed by atoms with Crippen LogP contribution in [0, 0.1) is 0 Å². The Morgan fingerprint density at radius 2 is 1.86 bits per heavy atom. The highest BCUT2D eigenvalue weighted by atomic mass is 16.6. The maximum absolute atomic E-state index is 12.1. The van der Waals surface area contributed by atoms with Gasteiger partial charge in [0.1, 0.15) is 5.75 Å². The highest BCUT2D eigenvalue weighted by Crippen LogP contribution is 2.25. The average molecular weight is 296 g/mol. The van der Waals surface area contributed by atoms with Crippen molar-refractivity contribution in [2.24, 2.45) is 0 Å². The van der Waals surface area contributed by atoms with Gasteiger partial charge in [0.05, 0.1) is 0 Å². The zero-order valence-electron chi connectivity index (χ0n) is 12.7. The molecule has 0 aromatic heterocycles. The molecule has 1 aliphatic rings. The van der Waals surface area contributed by atoms with Gasteiger partial charge in [-0.2, -0.15) is 0 Å². The molecule has 2 aromatic carbocycles. The highest BCUT2D eigenvalue weighted by molar-refractivity contribution is 5.88. The molecule has 0 radical (unpaired) electrons. The lowest BCUT2D eigenvalue weighted by Gasteiger charge is -2.18. The molecule has 22 heavy (non-hydrogen) atoms. The van der Waals surface area contributed by atoms with Crippen molar-refractivity contribution in [3.05, 3.63) is 60.2 Å². The number of rotatable bonds is 3. The smallest absolute Gasteiger partial charge is 0.410 e. The Hall–Kier alpha value is -2.33. The van der Waals surface area contributed by atoms with E-state index in [9.17, 15) is 4.79 Å². The lowest BCUT2D eigenvalue weighted by molar-refractivity contribution is 0.209. The van der Waals surface area contributed by atoms with Crippen LogP contribution in [-0.2, 0) is 0 Å². The minimum absolute atomic E-state index is 0.388. The van der Waals surface area contributed by atoms with Gasteiger partial charge in [-0.3, -0.25) is 4.90 Å². The highest BCUT2D eigenvalue weighted by Gasteiger charge is 2.18. The summed E-state index contributed by atoms with van der Waals surface area (Å²) in [5.41, 5.74) is 2.15. The number of para-hydroxylation sites is 1. The summed E-state index contributed by atoms with van der Waals surface area (Å²) in [4.78, 5) is 13.7. The van der Waals surface area contributed by atoms with Crippen molar-refractivity contribution < 1.29 is 9.53 Å². The summed E-state index contributed by atoms with van der Waals surface area (Å²) in [7, 11) is 1.72. The van der Waals surface area contributed by atoms with Gasteiger partial charge in [-0.1, -0.05) is 30.3 Å². The van der Waals surface area contributed by atoms with Crippen LogP contribution < -0.4 is 15.0 Å². The van der Waals surface area contributed by atoms with Gasteiger partial charge in [0.25, 0.3) is 0 Å². The van der Waals surface area contributed by atoms with E-state index in [1.165, 1.54) is 16.9 Å². The topological polar surface area (TPSA) is 41.6 Å². The molecule has 1 saturated heterocycles. The van der Waals surface area contributed by atoms with Gasteiger partial charge in [-0.15, -0.1) is 0 Å². The van der Waals surface area contributed by atoms with E-state index >= 15 is 0 Å². The maximum atomic E-state index is 12.1. The van der Waals surface area contributed by atoms with Crippen LogP contribution in [0.1, 0.15) is 17.9 Å². The van der Waals surface area contributed by atoms with Crippen LogP contribution in [0.3, 0.4) is 0 Å². The van der Waals surface area contributed by atoms with E-state index in [1.54, 1.807) is 19.2 Å². The first-order chi connectivity index (χ1) is 10.7. The Bertz CT molecular complexity index is 619. The summed E-state index contributed by atoms with van der Waals surface area (Å²) in [6, 6.07) is 17.2. The first kappa shape index (κ1) is 14.6. The van der Waals surface area contributed by atoms with Crippen molar-refractivity contribution in [2.45, 2.75) is 12.3 Å². The summed E-state index contributed by atoms with van der Waals surface area (Å²) >= 11 is 0. The van der Waals surface area contributed by atoms with Crippen LogP contribution in [0.25, 0.3) is 0 Å². The molecule has 1 N–H and O–H groups in total. The molecule has 0 aliphatic carbocycles. The quantitative estimate of drug-likeness (QED) is 0.944. The SMILES string of the molecule is CN(C(=O)Oc1ccccc1)c1ccc([C@H]2CCNC2)cc1. The Kier molecular flexibility index (Phi) is 4.39. The van der Waals surface area contributed by atoms with Crippen molar-refractivity contribution in [1.29, 1.82) is 0 Å². The minimum atomic E-state index is -0.388. The molecule has 1 amide bonds. The van der Waals surface area contributed by atoms with Crippen LogP contribution in [-0.4, -0.2) is 26.2 Å². The molecule has 4 nitrogen and oxygen atoms in total. The molecule has 1 fully saturated rings. The van der Waals surface area contributed by atoms with Gasteiger partial charge in [-0.25, -0.2) is 4.79 Å². The largest absolute Gasteiger partial charge is 0.419 e. The summed E-state index contributed by atoms with van der Waals surface area (Å²) < 4.78 is 5.34. The molecule has 0 saturated carbocycles. The lowest BCUT2D eigenvalue weighted by Crippen LogP contribution is -2.29. The molecule has 0 unspecified atom stereocenters. The molecule has 0 bridgehead atoms. The van der Waals surface area contributed by atoms with Crippen molar-refractivity contribution in [1.82, 2.24) is 5.32 Å². The Balaban J connectivity index is 1.66. The van der Waals surface area contributed by atoms with Crippen molar-refractivity contribution >= 4 is 11.8 Å². The predicted octanol–water partition coefficient (Wildman–Crippen LogP) is 3.40. The third-order valence-electron chi connectivity index (χ3n) is 4.03. The van der Waals surface area contributed by atoms with Gasteiger partial charge in [-0.05, 0) is 48.7 Å². The Morgan fingerprint density at radius 1 is 1.14 bits per heavy atom. The first-order valence-corrected chi connectivity index (χ1v) is 7.55. The van der Waals surface area contributed by atoms with E-state index in [-0.39, 0.29) is 6.09 Å². The van der Waals surface area contributed by atoms with Crippen LogP contribution in [0.15, 0.2) is 54.6 Å². The van der Waals surface area contributed by atoms with Crippen molar-refractivity contribution in [3.8, 4) is 5.75 Å². The summed E-state index contributed by atoms with van der Waals surface area (Å²) in [6.45, 7) is 2.11. The van der Waals surface area contributed by atoms with E-state index < -0.39 is 0 Å². The number of nitrogens with zero attached hydrogens (tertiary/aromatic N) is 1. The molecule has 1 aliphatic heterocycles. The Labute approximate surface area is 130 Å². The molecular weight excluding hydrogens is 276 g/mol. The number of carbonyl (C=O) groups excluding carboxylic acids is 1.